The van der Waals surface area contributed by atoms with Crippen LogP contribution in [0.2, 0.25) is 0 Å². The van der Waals surface area contributed by atoms with E-state index in [0.717, 1.165) is 30.8 Å². The second-order valence-electron chi connectivity index (χ2n) is 6.63. The molecule has 0 fully saturated rings. The van der Waals surface area contributed by atoms with Gasteiger partial charge in [-0.05, 0) is 44.7 Å². The molecule has 0 saturated heterocycles. The van der Waals surface area contributed by atoms with Crippen molar-refractivity contribution < 1.29 is 5.11 Å². The predicted molar refractivity (Wildman–Crippen MR) is 87.9 cm³/mol. The zero-order valence-electron chi connectivity index (χ0n) is 13.7. The van der Waals surface area contributed by atoms with Crippen LogP contribution in [0.4, 0.5) is 0 Å². The number of rotatable bonds is 5. The molecular weight excluding hydrogens is 274 g/mol. The number of nitrogens with zero attached hydrogens (tertiary/aromatic N) is 2. The molecule has 1 aromatic heterocycles. The van der Waals surface area contributed by atoms with Crippen LogP contribution in [-0.4, -0.2) is 27.0 Å². The summed E-state index contributed by atoms with van der Waals surface area (Å²) in [7, 11) is 0. The minimum absolute atomic E-state index is 0.113. The molecule has 2 N–H and O–H groups in total. The summed E-state index contributed by atoms with van der Waals surface area (Å²) in [4.78, 5) is 0. The van der Waals surface area contributed by atoms with Crippen LogP contribution in [0.1, 0.15) is 35.0 Å². The summed E-state index contributed by atoms with van der Waals surface area (Å²) >= 11 is 0. The van der Waals surface area contributed by atoms with Crippen molar-refractivity contribution >= 4 is 0 Å². The van der Waals surface area contributed by atoms with Gasteiger partial charge < -0.3 is 10.4 Å². The van der Waals surface area contributed by atoms with E-state index in [2.05, 4.69) is 48.5 Å². The van der Waals surface area contributed by atoms with Crippen LogP contribution in [0.15, 0.2) is 24.3 Å². The van der Waals surface area contributed by atoms with Gasteiger partial charge in [0.2, 0.25) is 0 Å². The SMILES string of the molecule is Cc1nn(CCO)c(C)c1CNC1(C)Cc2ccccc2C1. The molecule has 0 spiro atoms. The number of aryl methyl sites for hydroxylation is 1. The summed E-state index contributed by atoms with van der Waals surface area (Å²) in [5.74, 6) is 0. The van der Waals surface area contributed by atoms with Gasteiger partial charge in [0.05, 0.1) is 18.8 Å². The van der Waals surface area contributed by atoms with Crippen molar-refractivity contribution in [3.05, 3.63) is 52.3 Å². The topological polar surface area (TPSA) is 50.1 Å². The standard InChI is InChI=1S/C18H25N3O/c1-13-17(14(2)21(20-13)8-9-22)12-19-18(3)10-15-6-4-5-7-16(15)11-18/h4-7,19,22H,8-12H2,1-3H3. The van der Waals surface area contributed by atoms with E-state index >= 15 is 0 Å². The number of nitrogens with one attached hydrogen (secondary N) is 1. The fourth-order valence-electron chi connectivity index (χ4n) is 3.53. The first-order valence-corrected chi connectivity index (χ1v) is 7.98. The summed E-state index contributed by atoms with van der Waals surface area (Å²) in [6.45, 7) is 7.95. The molecule has 0 saturated carbocycles. The van der Waals surface area contributed by atoms with E-state index < -0.39 is 0 Å². The molecule has 0 bridgehead atoms. The maximum Gasteiger partial charge on any atom is 0.0644 e. The molecule has 3 rings (SSSR count). The van der Waals surface area contributed by atoms with Gasteiger partial charge in [0.1, 0.15) is 0 Å². The number of hydrogen-bond acceptors (Lipinski definition) is 3. The lowest BCUT2D eigenvalue weighted by Gasteiger charge is -2.25. The van der Waals surface area contributed by atoms with Crippen molar-refractivity contribution in [2.24, 2.45) is 0 Å². The Hall–Kier alpha value is -1.65. The average Bonchev–Trinajstić information content (AvgIpc) is 2.95. The van der Waals surface area contributed by atoms with Gasteiger partial charge in [-0.2, -0.15) is 5.10 Å². The van der Waals surface area contributed by atoms with Gasteiger partial charge in [0.15, 0.2) is 0 Å². The second-order valence-corrected chi connectivity index (χ2v) is 6.63. The summed E-state index contributed by atoms with van der Waals surface area (Å²) in [6.07, 6.45) is 2.15. The van der Waals surface area contributed by atoms with Crippen LogP contribution >= 0.6 is 0 Å². The van der Waals surface area contributed by atoms with Crippen LogP contribution in [-0.2, 0) is 25.9 Å². The van der Waals surface area contributed by atoms with Gasteiger partial charge in [-0.25, -0.2) is 0 Å². The van der Waals surface area contributed by atoms with Crippen molar-refractivity contribution in [2.45, 2.75) is 52.2 Å². The summed E-state index contributed by atoms with van der Waals surface area (Å²) in [5.41, 5.74) is 6.49. The van der Waals surface area contributed by atoms with Gasteiger partial charge in [-0.1, -0.05) is 24.3 Å². The smallest absolute Gasteiger partial charge is 0.0644 e. The third-order valence-electron chi connectivity index (χ3n) is 4.81. The molecule has 0 unspecified atom stereocenters. The zero-order valence-corrected chi connectivity index (χ0v) is 13.7. The Bertz CT molecular complexity index is 650. The van der Waals surface area contributed by atoms with Crippen LogP contribution < -0.4 is 5.32 Å². The summed E-state index contributed by atoms with van der Waals surface area (Å²) in [6, 6.07) is 8.71. The molecule has 1 heterocycles. The van der Waals surface area contributed by atoms with Crippen LogP contribution in [0.25, 0.3) is 0 Å². The monoisotopic (exact) mass is 299 g/mol. The molecular formula is C18H25N3O. The van der Waals surface area contributed by atoms with E-state index in [0.29, 0.717) is 6.54 Å². The van der Waals surface area contributed by atoms with Crippen molar-refractivity contribution in [1.82, 2.24) is 15.1 Å². The Morgan fingerprint density at radius 1 is 1.23 bits per heavy atom. The highest BCUT2D eigenvalue weighted by Gasteiger charge is 2.32. The summed E-state index contributed by atoms with van der Waals surface area (Å²) < 4.78 is 1.90. The van der Waals surface area contributed by atoms with Crippen molar-refractivity contribution in [3.8, 4) is 0 Å². The van der Waals surface area contributed by atoms with Gasteiger partial charge in [0, 0.05) is 23.3 Å². The fourth-order valence-corrected chi connectivity index (χ4v) is 3.53. The molecule has 1 aliphatic carbocycles. The largest absolute Gasteiger partial charge is 0.394 e. The van der Waals surface area contributed by atoms with E-state index in [4.69, 9.17) is 5.11 Å². The van der Waals surface area contributed by atoms with E-state index in [1.807, 2.05) is 11.6 Å². The maximum absolute atomic E-state index is 9.11. The Kier molecular flexibility index (Phi) is 4.06. The lowest BCUT2D eigenvalue weighted by Crippen LogP contribution is -2.42. The summed E-state index contributed by atoms with van der Waals surface area (Å²) in [5, 5.41) is 17.4. The quantitative estimate of drug-likeness (QED) is 0.889. The van der Waals surface area contributed by atoms with Crippen LogP contribution in [0.3, 0.4) is 0 Å². The Morgan fingerprint density at radius 2 is 1.86 bits per heavy atom. The Balaban J connectivity index is 1.71. The number of hydrogen-bond donors (Lipinski definition) is 2. The molecule has 2 aromatic rings. The van der Waals surface area contributed by atoms with Crippen LogP contribution in [0, 0.1) is 13.8 Å². The molecule has 0 aliphatic heterocycles. The number of aliphatic hydroxyl groups excluding tert-OH is 1. The molecule has 0 amide bonds. The Morgan fingerprint density at radius 3 is 2.45 bits per heavy atom. The van der Waals surface area contributed by atoms with Crippen molar-refractivity contribution in [3.63, 3.8) is 0 Å². The lowest BCUT2D eigenvalue weighted by atomic mass is 9.98. The first-order chi connectivity index (χ1) is 10.5. The first-order valence-electron chi connectivity index (χ1n) is 7.98. The molecule has 118 valence electrons. The zero-order chi connectivity index (χ0) is 15.7. The van der Waals surface area contributed by atoms with E-state index in [9.17, 15) is 0 Å². The minimum atomic E-state index is 0.113. The van der Waals surface area contributed by atoms with Gasteiger partial charge >= 0.3 is 0 Å². The number of benzene rings is 1. The number of aliphatic hydroxyl groups is 1. The predicted octanol–water partition coefficient (Wildman–Crippen LogP) is 2.14. The molecule has 22 heavy (non-hydrogen) atoms. The maximum atomic E-state index is 9.11. The number of fused-ring (bicyclic) bond motifs is 1. The van der Waals surface area contributed by atoms with Gasteiger partial charge in [-0.15, -0.1) is 0 Å². The van der Waals surface area contributed by atoms with Crippen molar-refractivity contribution in [2.75, 3.05) is 6.61 Å². The highest BCUT2D eigenvalue weighted by Crippen LogP contribution is 2.30. The van der Waals surface area contributed by atoms with E-state index in [1.165, 1.54) is 16.7 Å². The van der Waals surface area contributed by atoms with Gasteiger partial charge in [0.25, 0.3) is 0 Å². The third-order valence-corrected chi connectivity index (χ3v) is 4.81. The second kappa shape index (κ2) is 5.86. The van der Waals surface area contributed by atoms with E-state index in [-0.39, 0.29) is 12.1 Å². The van der Waals surface area contributed by atoms with E-state index in [1.54, 1.807) is 0 Å². The lowest BCUT2D eigenvalue weighted by molar-refractivity contribution is 0.267. The molecule has 0 radical (unpaired) electrons. The molecule has 1 aliphatic rings. The van der Waals surface area contributed by atoms with Crippen molar-refractivity contribution in [1.29, 1.82) is 0 Å². The van der Waals surface area contributed by atoms with Gasteiger partial charge in [-0.3, -0.25) is 4.68 Å². The number of aromatic nitrogens is 2. The fraction of sp³-hybridized carbons (Fsp3) is 0.500. The molecule has 0 atom stereocenters. The first kappa shape index (κ1) is 15.3. The average molecular weight is 299 g/mol. The molecule has 4 heteroatoms. The Labute approximate surface area is 132 Å². The highest BCUT2D eigenvalue weighted by molar-refractivity contribution is 5.36. The molecule has 4 nitrogen and oxygen atoms in total. The highest BCUT2D eigenvalue weighted by atomic mass is 16.3. The molecule has 1 aromatic carbocycles. The van der Waals surface area contributed by atoms with Crippen LogP contribution in [0.5, 0.6) is 0 Å². The third kappa shape index (κ3) is 2.81. The normalized spacial score (nSPS) is 16.0. The minimum Gasteiger partial charge on any atom is -0.394 e.